The van der Waals surface area contributed by atoms with Gasteiger partial charge in [0, 0.05) is 33.8 Å². The third kappa shape index (κ3) is 5.49. The van der Waals surface area contributed by atoms with E-state index in [-0.39, 0.29) is 0 Å². The molecule has 2 heteroatoms. The zero-order valence-electron chi connectivity index (χ0n) is 27.3. The van der Waals surface area contributed by atoms with Crippen LogP contribution in [-0.4, -0.2) is 0 Å². The lowest BCUT2D eigenvalue weighted by molar-refractivity contribution is 1.22. The lowest BCUT2D eigenvalue weighted by Crippen LogP contribution is -2.14. The average Bonchev–Trinajstić information content (AvgIpc) is 3.00. The van der Waals surface area contributed by atoms with Crippen LogP contribution in [0, 0.1) is 55.4 Å². The van der Waals surface area contributed by atoms with E-state index in [1.807, 2.05) is 0 Å². The minimum atomic E-state index is 1.13. The monoisotopic (exact) mass is 574 g/mol. The zero-order chi connectivity index (χ0) is 31.1. The predicted octanol–water partition coefficient (Wildman–Crippen LogP) is 12.2. The Kier molecular flexibility index (Phi) is 7.78. The minimum Gasteiger partial charge on any atom is -0.310 e. The number of benzene rings is 6. The smallest absolute Gasteiger partial charge is 0.0560 e. The molecule has 0 atom stereocenters. The molecule has 220 valence electrons. The van der Waals surface area contributed by atoms with Gasteiger partial charge in [-0.1, -0.05) is 48.5 Å². The van der Waals surface area contributed by atoms with Gasteiger partial charge in [-0.25, -0.2) is 0 Å². The van der Waals surface area contributed by atoms with Crippen LogP contribution >= 0.6 is 0 Å². The normalized spacial score (nSPS) is 11.2. The maximum absolute atomic E-state index is 2.43. The molecule has 0 aromatic heterocycles. The molecule has 0 fully saturated rings. The molecule has 0 saturated carbocycles. The van der Waals surface area contributed by atoms with Gasteiger partial charge >= 0.3 is 0 Å². The van der Waals surface area contributed by atoms with Crippen molar-refractivity contribution in [2.45, 2.75) is 55.4 Å². The zero-order valence-corrected chi connectivity index (χ0v) is 27.3. The van der Waals surface area contributed by atoms with Gasteiger partial charge in [0.15, 0.2) is 0 Å². The second-order valence-corrected chi connectivity index (χ2v) is 12.4. The van der Waals surface area contributed by atoms with Crippen molar-refractivity contribution in [3.05, 3.63) is 154 Å². The molecule has 0 heterocycles. The summed E-state index contributed by atoms with van der Waals surface area (Å²) in [7, 11) is 0. The SMILES string of the molecule is Cc1ccc(N(c2ccc(C)c(C)c2)c2cc(N(c3ccc(C)c(C)c3)c3ccc(C)c(C)c3)c3ccccc3c2)cc1C. The predicted molar refractivity (Wildman–Crippen MR) is 191 cm³/mol. The number of anilines is 6. The summed E-state index contributed by atoms with van der Waals surface area (Å²) in [4.78, 5) is 4.84. The third-order valence-electron chi connectivity index (χ3n) is 9.32. The number of rotatable bonds is 6. The molecule has 0 saturated heterocycles. The first kappa shape index (κ1) is 29.3. The van der Waals surface area contributed by atoms with Crippen molar-refractivity contribution in [2.24, 2.45) is 0 Å². The van der Waals surface area contributed by atoms with E-state index in [1.54, 1.807) is 0 Å². The van der Waals surface area contributed by atoms with Crippen LogP contribution < -0.4 is 9.80 Å². The first-order chi connectivity index (χ1) is 21.1. The molecule has 0 bridgehead atoms. The molecule has 0 aliphatic rings. The van der Waals surface area contributed by atoms with E-state index in [9.17, 15) is 0 Å². The van der Waals surface area contributed by atoms with E-state index in [0.29, 0.717) is 0 Å². The maximum atomic E-state index is 2.43. The average molecular weight is 575 g/mol. The molecule has 44 heavy (non-hydrogen) atoms. The van der Waals surface area contributed by atoms with Gasteiger partial charge in [-0.3, -0.25) is 0 Å². The summed E-state index contributed by atoms with van der Waals surface area (Å²) in [5.74, 6) is 0. The Labute approximate surface area is 263 Å². The molecule has 0 radical (unpaired) electrons. The van der Waals surface area contributed by atoms with E-state index >= 15 is 0 Å². The maximum Gasteiger partial charge on any atom is 0.0560 e. The fourth-order valence-corrected chi connectivity index (χ4v) is 5.92. The molecular weight excluding hydrogens is 532 g/mol. The largest absolute Gasteiger partial charge is 0.310 e. The van der Waals surface area contributed by atoms with Gasteiger partial charge in [-0.15, -0.1) is 0 Å². The Balaban J connectivity index is 1.67. The molecule has 0 amide bonds. The van der Waals surface area contributed by atoms with Crippen LogP contribution in [0.4, 0.5) is 34.1 Å². The number of nitrogens with zero attached hydrogens (tertiary/aromatic N) is 2. The highest BCUT2D eigenvalue weighted by Gasteiger charge is 2.21. The van der Waals surface area contributed by atoms with Gasteiger partial charge in [-0.2, -0.15) is 0 Å². The Morgan fingerprint density at radius 2 is 0.705 bits per heavy atom. The van der Waals surface area contributed by atoms with Crippen LogP contribution in [0.25, 0.3) is 10.8 Å². The van der Waals surface area contributed by atoms with Crippen molar-refractivity contribution in [3.8, 4) is 0 Å². The van der Waals surface area contributed by atoms with Crippen LogP contribution in [0.1, 0.15) is 44.5 Å². The topological polar surface area (TPSA) is 6.48 Å². The van der Waals surface area contributed by atoms with Gasteiger partial charge < -0.3 is 9.80 Å². The van der Waals surface area contributed by atoms with E-state index in [2.05, 4.69) is 174 Å². The number of fused-ring (bicyclic) bond motifs is 1. The second-order valence-electron chi connectivity index (χ2n) is 12.4. The Morgan fingerprint density at radius 3 is 1.11 bits per heavy atom. The van der Waals surface area contributed by atoms with E-state index in [4.69, 9.17) is 0 Å². The molecular formula is C42H42N2. The fraction of sp³-hybridized carbons (Fsp3) is 0.190. The summed E-state index contributed by atoms with van der Waals surface area (Å²) in [6.45, 7) is 17.5. The highest BCUT2D eigenvalue weighted by molar-refractivity contribution is 6.02. The molecule has 0 aliphatic carbocycles. The standard InChI is InChI=1S/C42H42N2/c1-27-13-17-36(21-31(27)5)43(37-18-14-28(2)32(6)22-37)40-25-35-11-9-10-12-41(35)42(26-40)44(38-19-15-29(3)33(7)23-38)39-20-16-30(4)34(8)24-39/h9-26H,1-8H3. The minimum absolute atomic E-state index is 1.13. The lowest BCUT2D eigenvalue weighted by Gasteiger charge is -2.31. The molecule has 0 N–H and O–H groups in total. The fourth-order valence-electron chi connectivity index (χ4n) is 5.92. The van der Waals surface area contributed by atoms with Crippen LogP contribution in [0.2, 0.25) is 0 Å². The van der Waals surface area contributed by atoms with Crippen molar-refractivity contribution >= 4 is 44.9 Å². The van der Waals surface area contributed by atoms with Crippen molar-refractivity contribution < 1.29 is 0 Å². The Bertz CT molecular complexity index is 1910. The summed E-state index contributed by atoms with van der Waals surface area (Å²) in [5.41, 5.74) is 17.2. The first-order valence-electron chi connectivity index (χ1n) is 15.5. The molecule has 0 aliphatic heterocycles. The van der Waals surface area contributed by atoms with Crippen molar-refractivity contribution in [1.29, 1.82) is 0 Å². The number of hydrogen-bond acceptors (Lipinski definition) is 2. The molecule has 6 aromatic carbocycles. The molecule has 6 aromatic rings. The second kappa shape index (κ2) is 11.7. The van der Waals surface area contributed by atoms with Crippen molar-refractivity contribution in [3.63, 3.8) is 0 Å². The summed E-state index contributed by atoms with van der Waals surface area (Å²) in [6.07, 6.45) is 0. The van der Waals surface area contributed by atoms with Gasteiger partial charge in [-0.05, 0) is 166 Å². The van der Waals surface area contributed by atoms with Crippen LogP contribution in [0.3, 0.4) is 0 Å². The molecule has 2 nitrogen and oxygen atoms in total. The Hall–Kier alpha value is -4.82. The third-order valence-corrected chi connectivity index (χ3v) is 9.32. The lowest BCUT2D eigenvalue weighted by atomic mass is 10.0. The van der Waals surface area contributed by atoms with E-state index < -0.39 is 0 Å². The molecule has 0 unspecified atom stereocenters. The van der Waals surface area contributed by atoms with Gasteiger partial charge in [0.1, 0.15) is 0 Å². The van der Waals surface area contributed by atoms with Gasteiger partial charge in [0.25, 0.3) is 0 Å². The number of hydrogen-bond donors (Lipinski definition) is 0. The summed E-state index contributed by atoms with van der Waals surface area (Å²) in [5, 5.41) is 2.42. The summed E-state index contributed by atoms with van der Waals surface area (Å²) >= 11 is 0. The van der Waals surface area contributed by atoms with E-state index in [0.717, 1.165) is 34.1 Å². The van der Waals surface area contributed by atoms with Crippen LogP contribution in [0.5, 0.6) is 0 Å². The van der Waals surface area contributed by atoms with Crippen molar-refractivity contribution in [2.75, 3.05) is 9.80 Å². The summed E-state index contributed by atoms with van der Waals surface area (Å²) in [6, 6.07) is 40.7. The quantitative estimate of drug-likeness (QED) is 0.195. The number of aryl methyl sites for hydroxylation is 8. The molecule has 0 spiro atoms. The van der Waals surface area contributed by atoms with Gasteiger partial charge in [0.05, 0.1) is 5.69 Å². The van der Waals surface area contributed by atoms with Crippen LogP contribution in [-0.2, 0) is 0 Å². The summed E-state index contributed by atoms with van der Waals surface area (Å²) < 4.78 is 0. The van der Waals surface area contributed by atoms with Gasteiger partial charge in [0.2, 0.25) is 0 Å². The van der Waals surface area contributed by atoms with Crippen LogP contribution in [0.15, 0.2) is 109 Å². The van der Waals surface area contributed by atoms with Crippen molar-refractivity contribution in [1.82, 2.24) is 0 Å². The molecule has 6 rings (SSSR count). The van der Waals surface area contributed by atoms with E-state index in [1.165, 1.54) is 55.3 Å². The Morgan fingerprint density at radius 1 is 0.318 bits per heavy atom. The first-order valence-corrected chi connectivity index (χ1v) is 15.5. The highest BCUT2D eigenvalue weighted by Crippen LogP contribution is 2.45. The highest BCUT2D eigenvalue weighted by atomic mass is 15.2.